The van der Waals surface area contributed by atoms with Gasteiger partial charge in [-0.15, -0.1) is 11.8 Å². The van der Waals surface area contributed by atoms with Crippen molar-refractivity contribution in [1.82, 2.24) is 4.57 Å². The van der Waals surface area contributed by atoms with Crippen LogP contribution in [0.25, 0.3) is 6.08 Å². The lowest BCUT2D eigenvalue weighted by Gasteiger charge is -2.24. The summed E-state index contributed by atoms with van der Waals surface area (Å²) in [6.07, 6.45) is 3.91. The minimum Gasteiger partial charge on any atom is -0.463 e. The average molecular weight is 507 g/mol. The normalized spacial score (nSPS) is 16.2. The maximum absolute atomic E-state index is 13.7. The number of thiazole rings is 1. The molecular weight excluding hydrogens is 476 g/mol. The van der Waals surface area contributed by atoms with Crippen LogP contribution in [0, 0.1) is 0 Å². The highest BCUT2D eigenvalue weighted by molar-refractivity contribution is 7.98. The van der Waals surface area contributed by atoms with Gasteiger partial charge in [0.2, 0.25) is 0 Å². The zero-order chi connectivity index (χ0) is 25.3. The second-order valence-electron chi connectivity index (χ2n) is 9.45. The van der Waals surface area contributed by atoms with Gasteiger partial charge in [-0.25, -0.2) is 9.79 Å². The molecule has 182 valence electrons. The quantitative estimate of drug-likeness (QED) is 0.368. The average Bonchev–Trinajstić information content (AvgIpc) is 3.12. The minimum absolute atomic E-state index is 0.0602. The molecule has 2 aromatic carbocycles. The second kappa shape index (κ2) is 9.99. The Morgan fingerprint density at radius 2 is 1.80 bits per heavy atom. The van der Waals surface area contributed by atoms with Crippen LogP contribution in [0.4, 0.5) is 0 Å². The molecule has 3 aromatic rings. The number of thioether (sulfide) groups is 1. The van der Waals surface area contributed by atoms with E-state index in [0.29, 0.717) is 20.6 Å². The minimum atomic E-state index is -0.591. The Morgan fingerprint density at radius 3 is 2.37 bits per heavy atom. The number of esters is 1. The second-order valence-corrected chi connectivity index (χ2v) is 11.3. The van der Waals surface area contributed by atoms with Crippen molar-refractivity contribution in [3.8, 4) is 0 Å². The van der Waals surface area contributed by atoms with Crippen LogP contribution in [-0.2, 0) is 14.9 Å². The van der Waals surface area contributed by atoms with E-state index in [9.17, 15) is 9.59 Å². The number of allylic oxidation sites excluding steroid dienone is 1. The highest BCUT2D eigenvalue weighted by Crippen LogP contribution is 2.31. The molecule has 0 amide bonds. The van der Waals surface area contributed by atoms with Gasteiger partial charge >= 0.3 is 5.97 Å². The highest BCUT2D eigenvalue weighted by Gasteiger charge is 2.33. The van der Waals surface area contributed by atoms with Gasteiger partial charge in [-0.2, -0.15) is 0 Å². The highest BCUT2D eigenvalue weighted by atomic mass is 32.2. The Bertz CT molecular complexity index is 1450. The van der Waals surface area contributed by atoms with Gasteiger partial charge in [0, 0.05) is 4.90 Å². The van der Waals surface area contributed by atoms with E-state index in [4.69, 9.17) is 4.74 Å². The van der Waals surface area contributed by atoms with Gasteiger partial charge in [0.25, 0.3) is 5.56 Å². The standard InChI is InChI=1S/C28H30N2O3S2/c1-7-33-26(32)23-17(2)29-27-30(24(23)19-10-14-21(34-6)15-11-19)25(31)22(35-27)16-18-8-12-20(13-9-18)28(3,4)5/h8-16,24H,7H2,1-6H3/b22-16-/t24-/m1/s1. The molecule has 0 aliphatic carbocycles. The van der Waals surface area contributed by atoms with Crippen molar-refractivity contribution in [3.63, 3.8) is 0 Å². The van der Waals surface area contributed by atoms with E-state index in [1.165, 1.54) is 16.9 Å². The molecule has 7 heteroatoms. The summed E-state index contributed by atoms with van der Waals surface area (Å²) in [5.74, 6) is -0.445. The van der Waals surface area contributed by atoms with Crippen molar-refractivity contribution < 1.29 is 9.53 Å². The number of ether oxygens (including phenoxy) is 1. The number of carbonyl (C=O) groups is 1. The number of carbonyl (C=O) groups excluding carboxylic acids is 1. The molecule has 4 rings (SSSR count). The molecule has 0 spiro atoms. The largest absolute Gasteiger partial charge is 0.463 e. The first-order chi connectivity index (χ1) is 16.6. The number of hydrogen-bond acceptors (Lipinski definition) is 6. The summed E-state index contributed by atoms with van der Waals surface area (Å²) >= 11 is 2.98. The van der Waals surface area contributed by atoms with Crippen LogP contribution in [-0.4, -0.2) is 23.4 Å². The van der Waals surface area contributed by atoms with Gasteiger partial charge in [0.05, 0.1) is 28.5 Å². The number of fused-ring (bicyclic) bond motifs is 1. The first-order valence-electron chi connectivity index (χ1n) is 11.6. The van der Waals surface area contributed by atoms with Crippen molar-refractivity contribution >= 4 is 35.1 Å². The molecule has 5 nitrogen and oxygen atoms in total. The third kappa shape index (κ3) is 5.07. The predicted molar refractivity (Wildman–Crippen MR) is 144 cm³/mol. The van der Waals surface area contributed by atoms with Crippen LogP contribution in [0.5, 0.6) is 0 Å². The van der Waals surface area contributed by atoms with Crippen LogP contribution >= 0.6 is 23.1 Å². The Labute approximate surface area is 213 Å². The van der Waals surface area contributed by atoms with E-state index in [0.717, 1.165) is 16.0 Å². The molecule has 0 radical (unpaired) electrons. The summed E-state index contributed by atoms with van der Waals surface area (Å²) in [7, 11) is 0. The van der Waals surface area contributed by atoms with Crippen LogP contribution in [0.3, 0.4) is 0 Å². The predicted octanol–water partition coefficient (Wildman–Crippen LogP) is 4.82. The first-order valence-corrected chi connectivity index (χ1v) is 13.6. The van der Waals surface area contributed by atoms with Gasteiger partial charge in [-0.1, -0.05) is 68.5 Å². The summed E-state index contributed by atoms with van der Waals surface area (Å²) in [5, 5.41) is 0. The molecular formula is C28H30N2O3S2. The lowest BCUT2D eigenvalue weighted by atomic mass is 9.87. The molecule has 1 aliphatic rings. The Balaban J connectivity index is 1.88. The number of rotatable bonds is 5. The van der Waals surface area contributed by atoms with E-state index in [-0.39, 0.29) is 17.6 Å². The Hall–Kier alpha value is -2.90. The van der Waals surface area contributed by atoms with E-state index in [1.54, 1.807) is 30.2 Å². The molecule has 2 heterocycles. The van der Waals surface area contributed by atoms with Crippen molar-refractivity contribution in [3.05, 3.63) is 96.2 Å². The smallest absolute Gasteiger partial charge is 0.338 e. The molecule has 0 bridgehead atoms. The van der Waals surface area contributed by atoms with Crippen molar-refractivity contribution in [2.75, 3.05) is 12.9 Å². The van der Waals surface area contributed by atoms with E-state index < -0.39 is 12.0 Å². The van der Waals surface area contributed by atoms with Gasteiger partial charge < -0.3 is 4.74 Å². The number of benzene rings is 2. The molecule has 0 unspecified atom stereocenters. The van der Waals surface area contributed by atoms with Crippen molar-refractivity contribution in [1.29, 1.82) is 0 Å². The number of aromatic nitrogens is 1. The fourth-order valence-corrected chi connectivity index (χ4v) is 5.58. The van der Waals surface area contributed by atoms with E-state index >= 15 is 0 Å². The third-order valence-corrected chi connectivity index (χ3v) is 7.75. The number of nitrogens with zero attached hydrogens (tertiary/aromatic N) is 2. The third-order valence-electron chi connectivity index (χ3n) is 6.02. The zero-order valence-corrected chi connectivity index (χ0v) is 22.5. The van der Waals surface area contributed by atoms with Crippen LogP contribution in [0.2, 0.25) is 0 Å². The molecule has 1 aliphatic heterocycles. The van der Waals surface area contributed by atoms with Gasteiger partial charge in [0.15, 0.2) is 4.80 Å². The fourth-order valence-electron chi connectivity index (χ4n) is 4.12. The van der Waals surface area contributed by atoms with Crippen molar-refractivity contribution in [2.45, 2.75) is 51.0 Å². The maximum Gasteiger partial charge on any atom is 0.338 e. The molecule has 1 atom stereocenters. The van der Waals surface area contributed by atoms with E-state index in [2.05, 4.69) is 37.9 Å². The van der Waals surface area contributed by atoms with Crippen LogP contribution in [0.1, 0.15) is 57.4 Å². The Kier molecular flexibility index (Phi) is 7.20. The summed E-state index contributed by atoms with van der Waals surface area (Å²) in [6.45, 7) is 10.4. The van der Waals surface area contributed by atoms with Gasteiger partial charge in [-0.05, 0) is 60.4 Å². The molecule has 0 fully saturated rings. The topological polar surface area (TPSA) is 60.7 Å². The SMILES string of the molecule is CCOC(=O)C1=C(C)N=c2s/c(=C\c3ccc(C(C)(C)C)cc3)c(=O)n2[C@@H]1c1ccc(SC)cc1. The van der Waals surface area contributed by atoms with Crippen molar-refractivity contribution in [2.24, 2.45) is 4.99 Å². The lowest BCUT2D eigenvalue weighted by Crippen LogP contribution is -2.39. The van der Waals surface area contributed by atoms with E-state index in [1.807, 2.05) is 48.7 Å². The molecule has 1 aromatic heterocycles. The van der Waals surface area contributed by atoms with Crippen LogP contribution in [0.15, 0.2) is 74.5 Å². The summed E-state index contributed by atoms with van der Waals surface area (Å²) in [4.78, 5) is 33.0. The van der Waals surface area contributed by atoms with Crippen LogP contribution < -0.4 is 14.9 Å². The zero-order valence-electron chi connectivity index (χ0n) is 20.9. The Morgan fingerprint density at radius 1 is 1.14 bits per heavy atom. The van der Waals surface area contributed by atoms with Gasteiger partial charge in [-0.3, -0.25) is 9.36 Å². The summed E-state index contributed by atoms with van der Waals surface area (Å²) in [5.41, 5.74) is 3.90. The number of hydrogen-bond donors (Lipinski definition) is 0. The fraction of sp³-hybridized carbons (Fsp3) is 0.321. The summed E-state index contributed by atoms with van der Waals surface area (Å²) in [6, 6.07) is 15.6. The lowest BCUT2D eigenvalue weighted by molar-refractivity contribution is -0.139. The molecule has 35 heavy (non-hydrogen) atoms. The van der Waals surface area contributed by atoms with Gasteiger partial charge in [0.1, 0.15) is 0 Å². The molecule has 0 saturated heterocycles. The maximum atomic E-state index is 13.7. The summed E-state index contributed by atoms with van der Waals surface area (Å²) < 4.78 is 7.58. The molecule has 0 N–H and O–H groups in total. The monoisotopic (exact) mass is 506 g/mol. The first kappa shape index (κ1) is 25.2. The molecule has 0 saturated carbocycles.